The maximum atomic E-state index is 13.1. The fraction of sp³-hybridized carbons (Fsp3) is 0.182. The number of nitrogens with one attached hydrogen (secondary N) is 1. The molecule has 28 heavy (non-hydrogen) atoms. The minimum atomic E-state index is -0.317. The number of halogens is 1. The molecule has 0 spiro atoms. The Balaban J connectivity index is 1.57. The van der Waals surface area contributed by atoms with Crippen molar-refractivity contribution in [1.82, 2.24) is 4.98 Å². The van der Waals surface area contributed by atoms with Gasteiger partial charge in [-0.3, -0.25) is 4.79 Å². The van der Waals surface area contributed by atoms with Crippen LogP contribution >= 0.6 is 0 Å². The van der Waals surface area contributed by atoms with Gasteiger partial charge in [-0.25, -0.2) is 9.37 Å². The Morgan fingerprint density at radius 2 is 1.96 bits per heavy atom. The molecule has 4 rings (SSSR count). The summed E-state index contributed by atoms with van der Waals surface area (Å²) in [6, 6.07) is 17.0. The van der Waals surface area contributed by atoms with Gasteiger partial charge in [0.2, 0.25) is 5.91 Å². The van der Waals surface area contributed by atoms with Crippen LogP contribution in [0.15, 0.2) is 66.9 Å². The van der Waals surface area contributed by atoms with E-state index in [0.29, 0.717) is 30.5 Å². The maximum Gasteiger partial charge on any atom is 0.231 e. The van der Waals surface area contributed by atoms with Gasteiger partial charge in [0.05, 0.1) is 12.5 Å². The lowest BCUT2D eigenvalue weighted by Crippen LogP contribution is -2.23. The molecule has 1 N–H and O–H groups in total. The summed E-state index contributed by atoms with van der Waals surface area (Å²) in [5, 5.41) is 2.86. The van der Waals surface area contributed by atoms with Gasteiger partial charge in [0, 0.05) is 18.4 Å². The van der Waals surface area contributed by atoms with E-state index in [0.717, 1.165) is 17.5 Å². The van der Waals surface area contributed by atoms with Crippen molar-refractivity contribution in [3.05, 3.63) is 72.7 Å². The van der Waals surface area contributed by atoms with Crippen LogP contribution in [0, 0.1) is 11.7 Å². The van der Waals surface area contributed by atoms with E-state index in [9.17, 15) is 9.18 Å². The number of ether oxygens (including phenoxy) is 2. The molecule has 2 heterocycles. The highest BCUT2D eigenvalue weighted by Gasteiger charge is 2.23. The van der Waals surface area contributed by atoms with Crippen molar-refractivity contribution in [2.75, 3.05) is 18.5 Å². The van der Waals surface area contributed by atoms with Crippen molar-refractivity contribution in [1.29, 1.82) is 0 Å². The van der Waals surface area contributed by atoms with E-state index >= 15 is 0 Å². The Kier molecular flexibility index (Phi) is 5.30. The number of carbonyl (C=O) groups excluding carboxylic acids is 1. The smallest absolute Gasteiger partial charge is 0.231 e. The molecule has 0 bridgehead atoms. The predicted octanol–water partition coefficient (Wildman–Crippen LogP) is 4.66. The van der Waals surface area contributed by atoms with Crippen molar-refractivity contribution in [2.45, 2.75) is 6.42 Å². The number of carbonyl (C=O) groups is 1. The zero-order valence-corrected chi connectivity index (χ0v) is 15.1. The number of pyridine rings is 1. The number of aromatic nitrogens is 1. The lowest BCUT2D eigenvalue weighted by atomic mass is 10.1. The summed E-state index contributed by atoms with van der Waals surface area (Å²) < 4.78 is 24.3. The highest BCUT2D eigenvalue weighted by molar-refractivity contribution is 5.92. The van der Waals surface area contributed by atoms with Crippen LogP contribution in [-0.4, -0.2) is 24.1 Å². The quantitative estimate of drug-likeness (QED) is 0.702. The molecule has 0 aliphatic carbocycles. The molecule has 0 radical (unpaired) electrons. The van der Waals surface area contributed by atoms with Gasteiger partial charge < -0.3 is 14.8 Å². The first-order chi connectivity index (χ1) is 13.7. The molecular weight excluding hydrogens is 359 g/mol. The molecule has 1 atom stereocenters. The molecule has 1 unspecified atom stereocenters. The monoisotopic (exact) mass is 378 g/mol. The van der Waals surface area contributed by atoms with Gasteiger partial charge in [0.25, 0.3) is 0 Å². The third kappa shape index (κ3) is 4.18. The van der Waals surface area contributed by atoms with Gasteiger partial charge in [-0.2, -0.15) is 0 Å². The third-order valence-corrected chi connectivity index (χ3v) is 4.55. The van der Waals surface area contributed by atoms with Crippen molar-refractivity contribution in [3.63, 3.8) is 0 Å². The van der Waals surface area contributed by atoms with Gasteiger partial charge in [-0.1, -0.05) is 18.2 Å². The number of para-hydroxylation sites is 1. The molecule has 1 saturated heterocycles. The highest BCUT2D eigenvalue weighted by Crippen LogP contribution is 2.34. The third-order valence-electron chi connectivity index (χ3n) is 4.55. The first-order valence-corrected chi connectivity index (χ1v) is 9.06. The van der Waals surface area contributed by atoms with E-state index < -0.39 is 0 Å². The normalized spacial score (nSPS) is 16.0. The largest absolute Gasteiger partial charge is 0.457 e. The van der Waals surface area contributed by atoms with E-state index in [1.54, 1.807) is 24.4 Å². The summed E-state index contributed by atoms with van der Waals surface area (Å²) in [4.78, 5) is 16.6. The predicted molar refractivity (Wildman–Crippen MR) is 104 cm³/mol. The van der Waals surface area contributed by atoms with Gasteiger partial charge in [-0.05, 0) is 54.4 Å². The molecule has 1 amide bonds. The minimum absolute atomic E-state index is 0.0852. The van der Waals surface area contributed by atoms with Crippen molar-refractivity contribution in [3.8, 4) is 22.6 Å². The van der Waals surface area contributed by atoms with E-state index in [-0.39, 0.29) is 17.6 Å². The zero-order valence-electron chi connectivity index (χ0n) is 15.1. The van der Waals surface area contributed by atoms with Crippen LogP contribution in [0.4, 0.5) is 10.2 Å². The van der Waals surface area contributed by atoms with Gasteiger partial charge in [0.1, 0.15) is 23.1 Å². The van der Waals surface area contributed by atoms with Gasteiger partial charge in [-0.15, -0.1) is 0 Å². The molecule has 6 heteroatoms. The Morgan fingerprint density at radius 3 is 2.75 bits per heavy atom. The second-order valence-corrected chi connectivity index (χ2v) is 6.53. The van der Waals surface area contributed by atoms with Gasteiger partial charge >= 0.3 is 0 Å². The highest BCUT2D eigenvalue weighted by atomic mass is 19.1. The minimum Gasteiger partial charge on any atom is -0.457 e. The van der Waals surface area contributed by atoms with Crippen LogP contribution in [0.25, 0.3) is 11.1 Å². The van der Waals surface area contributed by atoms with E-state index in [1.807, 2.05) is 30.3 Å². The summed E-state index contributed by atoms with van der Waals surface area (Å²) in [5.41, 5.74) is 1.69. The molecule has 5 nitrogen and oxygen atoms in total. The Morgan fingerprint density at radius 1 is 1.14 bits per heavy atom. The van der Waals surface area contributed by atoms with Crippen LogP contribution in [-0.2, 0) is 9.53 Å². The van der Waals surface area contributed by atoms with Crippen molar-refractivity contribution >= 4 is 11.7 Å². The topological polar surface area (TPSA) is 60.5 Å². The summed E-state index contributed by atoms with van der Waals surface area (Å²) in [6.45, 7) is 1.06. The van der Waals surface area contributed by atoms with E-state index in [2.05, 4.69) is 10.3 Å². The molecule has 1 aliphatic rings. The molecule has 3 aromatic rings. The second kappa shape index (κ2) is 8.19. The van der Waals surface area contributed by atoms with Crippen LogP contribution in [0.3, 0.4) is 0 Å². The second-order valence-electron chi connectivity index (χ2n) is 6.53. The van der Waals surface area contributed by atoms with Crippen LogP contribution in [0.5, 0.6) is 11.5 Å². The Bertz CT molecular complexity index is 970. The first-order valence-electron chi connectivity index (χ1n) is 9.06. The SMILES string of the molecule is O=C(Nc1cc(-c2ccccc2Oc2ccc(F)cc2)ccn1)C1CCOC1. The Labute approximate surface area is 162 Å². The number of benzene rings is 2. The molecule has 1 aliphatic heterocycles. The van der Waals surface area contributed by atoms with Crippen LogP contribution in [0.2, 0.25) is 0 Å². The molecule has 0 saturated carbocycles. The van der Waals surface area contributed by atoms with E-state index in [1.165, 1.54) is 12.1 Å². The molecule has 2 aromatic carbocycles. The standard InChI is InChI=1S/C22H19FN2O3/c23-17-5-7-18(8-6-17)28-20-4-2-1-3-19(20)15-9-11-24-21(13-15)25-22(26)16-10-12-27-14-16/h1-9,11,13,16H,10,12,14H2,(H,24,25,26). The zero-order chi connectivity index (χ0) is 19.3. The van der Waals surface area contributed by atoms with Crippen molar-refractivity contribution < 1.29 is 18.7 Å². The lowest BCUT2D eigenvalue weighted by molar-refractivity contribution is -0.119. The Hall–Kier alpha value is -3.25. The first kappa shape index (κ1) is 18.1. The summed E-state index contributed by atoms with van der Waals surface area (Å²) in [6.07, 6.45) is 2.37. The summed E-state index contributed by atoms with van der Waals surface area (Å²) in [5.74, 6) is 1.10. The van der Waals surface area contributed by atoms with Crippen LogP contribution in [0.1, 0.15) is 6.42 Å². The summed E-state index contributed by atoms with van der Waals surface area (Å²) in [7, 11) is 0. The fourth-order valence-electron chi connectivity index (χ4n) is 3.06. The fourth-order valence-corrected chi connectivity index (χ4v) is 3.06. The average Bonchev–Trinajstić information content (AvgIpc) is 3.25. The maximum absolute atomic E-state index is 13.1. The number of amides is 1. The van der Waals surface area contributed by atoms with Crippen LogP contribution < -0.4 is 10.1 Å². The summed E-state index contributed by atoms with van der Waals surface area (Å²) >= 11 is 0. The average molecular weight is 378 g/mol. The number of hydrogen-bond acceptors (Lipinski definition) is 4. The molecule has 142 valence electrons. The number of nitrogens with zero attached hydrogens (tertiary/aromatic N) is 1. The molecular formula is C22H19FN2O3. The number of hydrogen-bond donors (Lipinski definition) is 1. The number of rotatable bonds is 5. The molecule has 1 aromatic heterocycles. The number of anilines is 1. The molecule has 1 fully saturated rings. The lowest BCUT2D eigenvalue weighted by Gasteiger charge is -2.13. The van der Waals surface area contributed by atoms with Crippen molar-refractivity contribution in [2.24, 2.45) is 5.92 Å². The van der Waals surface area contributed by atoms with Gasteiger partial charge in [0.15, 0.2) is 0 Å². The van der Waals surface area contributed by atoms with E-state index in [4.69, 9.17) is 9.47 Å².